The van der Waals surface area contributed by atoms with Crippen LogP contribution in [0.5, 0.6) is 5.75 Å². The average Bonchev–Trinajstić information content (AvgIpc) is 2.84. The number of benzene rings is 1. The molecule has 1 aliphatic rings. The predicted octanol–water partition coefficient (Wildman–Crippen LogP) is 3.42. The fourth-order valence-electron chi connectivity index (χ4n) is 2.37. The van der Waals surface area contributed by atoms with Crippen LogP contribution in [0.1, 0.15) is 25.3 Å². The van der Waals surface area contributed by atoms with Crippen molar-refractivity contribution in [3.05, 3.63) is 28.8 Å². The van der Waals surface area contributed by atoms with Crippen LogP contribution in [0.25, 0.3) is 0 Å². The van der Waals surface area contributed by atoms with Gasteiger partial charge in [-0.2, -0.15) is 0 Å². The molecule has 94 valence electrons. The van der Waals surface area contributed by atoms with Crippen LogP contribution in [0.3, 0.4) is 0 Å². The maximum absolute atomic E-state index is 6.08. The number of nitrogens with one attached hydrogen (secondary N) is 1. The molecule has 1 saturated heterocycles. The monoisotopic (exact) mass is 253 g/mol. The third-order valence-electron chi connectivity index (χ3n) is 3.44. The van der Waals surface area contributed by atoms with E-state index in [9.17, 15) is 0 Å². The van der Waals surface area contributed by atoms with Crippen LogP contribution >= 0.6 is 11.6 Å². The molecule has 0 bridgehead atoms. The van der Waals surface area contributed by atoms with E-state index in [-0.39, 0.29) is 0 Å². The van der Waals surface area contributed by atoms with Gasteiger partial charge in [-0.1, -0.05) is 18.5 Å². The summed E-state index contributed by atoms with van der Waals surface area (Å²) < 4.78 is 6.08. The molecule has 0 amide bonds. The summed E-state index contributed by atoms with van der Waals surface area (Å²) in [5, 5.41) is 4.19. The maximum atomic E-state index is 6.08. The predicted molar refractivity (Wildman–Crippen MR) is 71.9 cm³/mol. The lowest BCUT2D eigenvalue weighted by molar-refractivity contribution is 0.138. The van der Waals surface area contributed by atoms with E-state index >= 15 is 0 Å². The Morgan fingerprint density at radius 1 is 1.53 bits per heavy atom. The van der Waals surface area contributed by atoms with Crippen molar-refractivity contribution in [2.45, 2.75) is 32.8 Å². The van der Waals surface area contributed by atoms with Crippen LogP contribution in [0.15, 0.2) is 18.2 Å². The van der Waals surface area contributed by atoms with Crippen molar-refractivity contribution in [3.63, 3.8) is 0 Å². The summed E-state index contributed by atoms with van der Waals surface area (Å²) in [6.07, 6.45) is 2.57. The molecular formula is C14H20ClNO. The van der Waals surface area contributed by atoms with Crippen LogP contribution in [-0.4, -0.2) is 19.2 Å². The number of halogens is 1. The molecular weight excluding hydrogens is 234 g/mol. The first-order valence-corrected chi connectivity index (χ1v) is 6.72. The number of hydrogen-bond acceptors (Lipinski definition) is 2. The van der Waals surface area contributed by atoms with Gasteiger partial charge in [0.15, 0.2) is 0 Å². The van der Waals surface area contributed by atoms with Gasteiger partial charge in [0.25, 0.3) is 0 Å². The van der Waals surface area contributed by atoms with Crippen LogP contribution < -0.4 is 10.1 Å². The molecule has 1 unspecified atom stereocenters. The zero-order valence-corrected chi connectivity index (χ0v) is 11.3. The van der Waals surface area contributed by atoms with Gasteiger partial charge in [0, 0.05) is 17.5 Å². The quantitative estimate of drug-likeness (QED) is 0.888. The number of aryl methyl sites for hydroxylation is 1. The Morgan fingerprint density at radius 3 is 2.94 bits per heavy atom. The van der Waals surface area contributed by atoms with Crippen LogP contribution in [0, 0.1) is 12.8 Å². The Kier molecular flexibility index (Phi) is 4.30. The highest BCUT2D eigenvalue weighted by molar-refractivity contribution is 6.31. The maximum Gasteiger partial charge on any atom is 0.120 e. The van der Waals surface area contributed by atoms with Crippen molar-refractivity contribution < 1.29 is 4.74 Å². The third-order valence-corrected chi connectivity index (χ3v) is 3.87. The molecule has 0 spiro atoms. The van der Waals surface area contributed by atoms with Gasteiger partial charge >= 0.3 is 0 Å². The summed E-state index contributed by atoms with van der Waals surface area (Å²) in [6, 6.07) is 5.89. The summed E-state index contributed by atoms with van der Waals surface area (Å²) in [5.41, 5.74) is 1.07. The zero-order chi connectivity index (χ0) is 12.3. The lowest BCUT2D eigenvalue weighted by Gasteiger charge is -2.23. The molecule has 1 aromatic carbocycles. The van der Waals surface area contributed by atoms with Crippen molar-refractivity contribution in [3.8, 4) is 5.75 Å². The van der Waals surface area contributed by atoms with Gasteiger partial charge in [-0.25, -0.2) is 0 Å². The van der Waals surface area contributed by atoms with E-state index < -0.39 is 0 Å². The van der Waals surface area contributed by atoms with E-state index in [1.54, 1.807) is 0 Å². The second-order valence-corrected chi connectivity index (χ2v) is 5.14. The summed E-state index contributed by atoms with van der Waals surface area (Å²) in [4.78, 5) is 0. The molecule has 1 aromatic rings. The highest BCUT2D eigenvalue weighted by Gasteiger charge is 2.25. The van der Waals surface area contributed by atoms with E-state index in [4.69, 9.17) is 16.3 Å². The largest absolute Gasteiger partial charge is 0.490 e. The van der Waals surface area contributed by atoms with Crippen molar-refractivity contribution in [1.29, 1.82) is 0 Å². The second kappa shape index (κ2) is 5.74. The van der Waals surface area contributed by atoms with Crippen LogP contribution in [-0.2, 0) is 0 Å². The van der Waals surface area contributed by atoms with Gasteiger partial charge in [0.2, 0.25) is 0 Å². The Morgan fingerprint density at radius 2 is 2.35 bits per heavy atom. The topological polar surface area (TPSA) is 21.3 Å². The minimum Gasteiger partial charge on any atom is -0.490 e. The summed E-state index contributed by atoms with van der Waals surface area (Å²) >= 11 is 6.01. The third kappa shape index (κ3) is 3.14. The van der Waals surface area contributed by atoms with E-state index in [2.05, 4.69) is 12.2 Å². The van der Waals surface area contributed by atoms with Crippen molar-refractivity contribution in [1.82, 2.24) is 5.32 Å². The first kappa shape index (κ1) is 12.7. The molecule has 1 heterocycles. The molecule has 0 aromatic heterocycles. The molecule has 0 saturated carbocycles. The van der Waals surface area contributed by atoms with Crippen LogP contribution in [0.2, 0.25) is 5.02 Å². The molecule has 1 fully saturated rings. The van der Waals surface area contributed by atoms with Crippen molar-refractivity contribution >= 4 is 11.6 Å². The number of hydrogen-bond donors (Lipinski definition) is 1. The number of ether oxygens (including phenoxy) is 1. The van der Waals surface area contributed by atoms with E-state index in [0.29, 0.717) is 12.0 Å². The molecule has 0 aliphatic carbocycles. The molecule has 1 aliphatic heterocycles. The van der Waals surface area contributed by atoms with Gasteiger partial charge in [0.1, 0.15) is 11.9 Å². The van der Waals surface area contributed by atoms with E-state index in [1.165, 1.54) is 6.42 Å². The fourth-order valence-corrected chi connectivity index (χ4v) is 2.49. The number of rotatable bonds is 4. The highest BCUT2D eigenvalue weighted by Crippen LogP contribution is 2.25. The van der Waals surface area contributed by atoms with Gasteiger partial charge in [-0.15, -0.1) is 0 Å². The fraction of sp³-hybridized carbons (Fsp3) is 0.571. The molecule has 17 heavy (non-hydrogen) atoms. The summed E-state index contributed by atoms with van der Waals surface area (Å²) in [5.74, 6) is 1.57. The SMILES string of the molecule is CC[C@@H](Oc1ccc(Cl)c(C)c1)C1CCNC1. The average molecular weight is 254 g/mol. The summed E-state index contributed by atoms with van der Waals surface area (Å²) in [6.45, 7) is 6.38. The molecule has 2 atom stereocenters. The molecule has 1 N–H and O–H groups in total. The minimum atomic E-state index is 0.311. The molecule has 2 rings (SSSR count). The highest BCUT2D eigenvalue weighted by atomic mass is 35.5. The van der Waals surface area contributed by atoms with Gasteiger partial charge in [0.05, 0.1) is 0 Å². The normalized spacial score (nSPS) is 21.5. The van der Waals surface area contributed by atoms with Crippen molar-refractivity contribution in [2.75, 3.05) is 13.1 Å². The van der Waals surface area contributed by atoms with Gasteiger partial charge in [-0.05, 0) is 50.1 Å². The Hall–Kier alpha value is -0.730. The molecule has 0 radical (unpaired) electrons. The Bertz CT molecular complexity index is 374. The first-order chi connectivity index (χ1) is 8.20. The van der Waals surface area contributed by atoms with Gasteiger partial charge in [-0.3, -0.25) is 0 Å². The second-order valence-electron chi connectivity index (χ2n) is 4.73. The standard InChI is InChI=1S/C14H20ClNO/c1-3-14(11-6-7-16-9-11)17-12-4-5-13(15)10(2)8-12/h4-5,8,11,14,16H,3,6-7,9H2,1-2H3/t11?,14-/m1/s1. The van der Waals surface area contributed by atoms with Gasteiger partial charge < -0.3 is 10.1 Å². The Balaban J connectivity index is 2.04. The lowest BCUT2D eigenvalue weighted by Crippen LogP contribution is -2.28. The molecule has 2 nitrogen and oxygen atoms in total. The van der Waals surface area contributed by atoms with Crippen molar-refractivity contribution in [2.24, 2.45) is 5.92 Å². The zero-order valence-electron chi connectivity index (χ0n) is 10.5. The van der Waals surface area contributed by atoms with E-state index in [1.807, 2.05) is 25.1 Å². The minimum absolute atomic E-state index is 0.311. The molecule has 3 heteroatoms. The van der Waals surface area contributed by atoms with E-state index in [0.717, 1.165) is 35.8 Å². The smallest absolute Gasteiger partial charge is 0.120 e. The summed E-state index contributed by atoms with van der Waals surface area (Å²) in [7, 11) is 0. The Labute approximate surface area is 108 Å². The lowest BCUT2D eigenvalue weighted by atomic mass is 9.99. The van der Waals surface area contributed by atoms with Crippen LogP contribution in [0.4, 0.5) is 0 Å². The first-order valence-electron chi connectivity index (χ1n) is 6.34.